The van der Waals surface area contributed by atoms with Crippen LogP contribution >= 0.6 is 0 Å². The largest absolute Gasteiger partial charge is 0.454 e. The van der Waals surface area contributed by atoms with E-state index in [1.54, 1.807) is 20.8 Å². The quantitative estimate of drug-likeness (QED) is 0.565. The standard InChI is InChI=1S/C20H25N3O6/c1-9(2)17(20(27)28-8-14(24)21-13-6-10(3)29-22-13)23-18(25)15-11-4-5-12(7-11)16(15)19(23)26/h6,9,11-12,15-17H,4-5,7-8H2,1-3H3,(H,21,22,24)/t11-,12-,15+,16+,17-/m0/s1. The van der Waals surface area contributed by atoms with Crippen LogP contribution in [0.1, 0.15) is 38.9 Å². The Morgan fingerprint density at radius 1 is 1.24 bits per heavy atom. The van der Waals surface area contributed by atoms with E-state index >= 15 is 0 Å². The zero-order chi connectivity index (χ0) is 20.9. The minimum atomic E-state index is -1.03. The summed E-state index contributed by atoms with van der Waals surface area (Å²) in [5, 5.41) is 6.09. The molecule has 9 nitrogen and oxygen atoms in total. The molecular formula is C20H25N3O6. The van der Waals surface area contributed by atoms with Crippen LogP contribution < -0.4 is 5.32 Å². The van der Waals surface area contributed by atoms with Gasteiger partial charge in [-0.3, -0.25) is 19.3 Å². The number of carbonyl (C=O) groups is 4. The molecule has 156 valence electrons. The molecular weight excluding hydrogens is 378 g/mol. The summed E-state index contributed by atoms with van der Waals surface area (Å²) in [6.45, 7) is 4.66. The zero-order valence-corrected chi connectivity index (χ0v) is 16.7. The van der Waals surface area contributed by atoms with Gasteiger partial charge in [-0.05, 0) is 43.9 Å². The molecule has 2 aliphatic carbocycles. The van der Waals surface area contributed by atoms with E-state index < -0.39 is 24.5 Å². The molecule has 1 N–H and O–H groups in total. The zero-order valence-electron chi connectivity index (χ0n) is 16.7. The molecule has 1 aliphatic heterocycles. The van der Waals surface area contributed by atoms with Crippen LogP contribution in [0.15, 0.2) is 10.6 Å². The summed E-state index contributed by atoms with van der Waals surface area (Å²) in [5.74, 6) is -1.53. The summed E-state index contributed by atoms with van der Waals surface area (Å²) in [7, 11) is 0. The van der Waals surface area contributed by atoms with Crippen molar-refractivity contribution in [3.05, 3.63) is 11.8 Å². The molecule has 2 saturated carbocycles. The Morgan fingerprint density at radius 2 is 1.86 bits per heavy atom. The number of likely N-dealkylation sites (tertiary alicyclic amines) is 1. The highest BCUT2D eigenvalue weighted by Crippen LogP contribution is 2.56. The van der Waals surface area contributed by atoms with Gasteiger partial charge in [0.1, 0.15) is 11.8 Å². The predicted molar refractivity (Wildman–Crippen MR) is 99.1 cm³/mol. The van der Waals surface area contributed by atoms with Crippen LogP contribution in [0.2, 0.25) is 0 Å². The number of nitrogens with zero attached hydrogens (tertiary/aromatic N) is 2. The minimum absolute atomic E-state index is 0.220. The number of ether oxygens (including phenoxy) is 1. The molecule has 0 radical (unpaired) electrons. The van der Waals surface area contributed by atoms with Gasteiger partial charge in [0.2, 0.25) is 11.8 Å². The summed E-state index contributed by atoms with van der Waals surface area (Å²) in [5.41, 5.74) is 0. The van der Waals surface area contributed by atoms with Crippen molar-refractivity contribution >= 4 is 29.5 Å². The monoisotopic (exact) mass is 403 g/mol. The fraction of sp³-hybridized carbons (Fsp3) is 0.650. The average Bonchev–Trinajstić information content (AvgIpc) is 3.41. The van der Waals surface area contributed by atoms with Gasteiger partial charge in [0.15, 0.2) is 12.4 Å². The molecule has 1 aromatic rings. The first-order valence-electron chi connectivity index (χ1n) is 10.0. The Hall–Kier alpha value is -2.71. The van der Waals surface area contributed by atoms with Gasteiger partial charge in [-0.25, -0.2) is 4.79 Å². The molecule has 3 aliphatic rings. The molecule has 3 amide bonds. The normalized spacial score (nSPS) is 28.8. The molecule has 1 aromatic heterocycles. The van der Waals surface area contributed by atoms with Crippen molar-refractivity contribution in [2.75, 3.05) is 11.9 Å². The Balaban J connectivity index is 1.42. The van der Waals surface area contributed by atoms with Crippen LogP contribution in [0.5, 0.6) is 0 Å². The van der Waals surface area contributed by atoms with Crippen LogP contribution in [0.3, 0.4) is 0 Å². The Bertz CT molecular complexity index is 834. The van der Waals surface area contributed by atoms with Crippen LogP contribution in [0.25, 0.3) is 0 Å². The maximum Gasteiger partial charge on any atom is 0.330 e. The van der Waals surface area contributed by atoms with E-state index in [9.17, 15) is 19.2 Å². The van der Waals surface area contributed by atoms with E-state index in [4.69, 9.17) is 9.26 Å². The predicted octanol–water partition coefficient (Wildman–Crippen LogP) is 1.52. The van der Waals surface area contributed by atoms with Crippen molar-refractivity contribution in [1.82, 2.24) is 10.1 Å². The number of anilines is 1. The highest BCUT2D eigenvalue weighted by molar-refractivity contribution is 6.08. The summed E-state index contributed by atoms with van der Waals surface area (Å²) in [6.07, 6.45) is 2.87. The summed E-state index contributed by atoms with van der Waals surface area (Å²) in [6, 6.07) is 0.507. The summed E-state index contributed by atoms with van der Waals surface area (Å²) in [4.78, 5) is 51.9. The summed E-state index contributed by atoms with van der Waals surface area (Å²) < 4.78 is 10.0. The number of fused-ring (bicyclic) bond motifs is 5. The van der Waals surface area contributed by atoms with Crippen LogP contribution in [-0.4, -0.2) is 46.4 Å². The van der Waals surface area contributed by atoms with Crippen LogP contribution in [0.4, 0.5) is 5.82 Å². The van der Waals surface area contributed by atoms with Gasteiger partial charge < -0.3 is 14.6 Å². The minimum Gasteiger partial charge on any atom is -0.454 e. The molecule has 5 atom stereocenters. The molecule has 0 unspecified atom stereocenters. The van der Waals surface area contributed by atoms with Crippen molar-refractivity contribution in [2.45, 2.75) is 46.1 Å². The van der Waals surface area contributed by atoms with Crippen LogP contribution in [0, 0.1) is 36.5 Å². The second-order valence-corrected chi connectivity index (χ2v) is 8.60. The summed E-state index contributed by atoms with van der Waals surface area (Å²) >= 11 is 0. The van der Waals surface area contributed by atoms with Crippen molar-refractivity contribution in [1.29, 1.82) is 0 Å². The van der Waals surface area contributed by atoms with E-state index in [-0.39, 0.29) is 47.2 Å². The fourth-order valence-electron chi connectivity index (χ4n) is 5.21. The van der Waals surface area contributed by atoms with Gasteiger partial charge in [-0.1, -0.05) is 19.0 Å². The number of nitrogens with one attached hydrogen (secondary N) is 1. The van der Waals surface area contributed by atoms with E-state index in [0.29, 0.717) is 5.76 Å². The van der Waals surface area contributed by atoms with Crippen molar-refractivity contribution in [3.8, 4) is 0 Å². The second-order valence-electron chi connectivity index (χ2n) is 8.60. The van der Waals surface area contributed by atoms with E-state index in [0.717, 1.165) is 24.2 Å². The van der Waals surface area contributed by atoms with Crippen molar-refractivity contribution in [2.24, 2.45) is 29.6 Å². The third-order valence-electron chi connectivity index (χ3n) is 6.35. The molecule has 0 spiro atoms. The number of aryl methyl sites for hydroxylation is 1. The highest BCUT2D eigenvalue weighted by atomic mass is 16.5. The van der Waals surface area contributed by atoms with E-state index in [2.05, 4.69) is 10.5 Å². The third-order valence-corrected chi connectivity index (χ3v) is 6.35. The first-order chi connectivity index (χ1) is 13.8. The third kappa shape index (κ3) is 3.32. The number of aromatic nitrogens is 1. The number of hydrogen-bond donors (Lipinski definition) is 1. The number of amides is 3. The lowest BCUT2D eigenvalue weighted by molar-refractivity contribution is -0.162. The molecule has 2 heterocycles. The van der Waals surface area contributed by atoms with Crippen LogP contribution in [-0.2, 0) is 23.9 Å². The molecule has 0 aromatic carbocycles. The van der Waals surface area contributed by atoms with E-state index in [1.807, 2.05) is 0 Å². The van der Waals surface area contributed by atoms with Gasteiger partial charge in [0.25, 0.3) is 5.91 Å². The van der Waals surface area contributed by atoms with Gasteiger partial charge in [-0.2, -0.15) is 0 Å². The molecule has 4 rings (SSSR count). The van der Waals surface area contributed by atoms with Gasteiger partial charge in [-0.15, -0.1) is 0 Å². The highest BCUT2D eigenvalue weighted by Gasteiger charge is 2.62. The number of hydrogen-bond acceptors (Lipinski definition) is 7. The fourth-order valence-corrected chi connectivity index (χ4v) is 5.21. The Morgan fingerprint density at radius 3 is 2.38 bits per heavy atom. The van der Waals surface area contributed by atoms with Gasteiger partial charge in [0, 0.05) is 6.07 Å². The molecule has 3 fully saturated rings. The lowest BCUT2D eigenvalue weighted by Crippen LogP contribution is -2.50. The smallest absolute Gasteiger partial charge is 0.330 e. The van der Waals surface area contributed by atoms with Crippen molar-refractivity contribution < 1.29 is 28.4 Å². The maximum atomic E-state index is 13.0. The average molecular weight is 403 g/mol. The Labute approximate surface area is 168 Å². The number of esters is 1. The molecule has 9 heteroatoms. The van der Waals surface area contributed by atoms with Gasteiger partial charge in [0.05, 0.1) is 11.8 Å². The number of rotatable bonds is 6. The van der Waals surface area contributed by atoms with Gasteiger partial charge >= 0.3 is 5.97 Å². The number of imide groups is 1. The first kappa shape index (κ1) is 19.6. The SMILES string of the molecule is Cc1cc(NC(=O)COC(=O)[C@H](C(C)C)N2C(=O)[C@@H]3[C@H]4CC[C@@H](C4)[C@H]3C2=O)no1. The first-order valence-corrected chi connectivity index (χ1v) is 10.0. The van der Waals surface area contributed by atoms with E-state index in [1.165, 1.54) is 6.07 Å². The molecule has 2 bridgehead atoms. The van der Waals surface area contributed by atoms with Crippen molar-refractivity contribution in [3.63, 3.8) is 0 Å². The Kier molecular flexibility index (Phi) is 4.92. The lowest BCUT2D eigenvalue weighted by atomic mass is 9.81. The maximum absolute atomic E-state index is 13.0. The topological polar surface area (TPSA) is 119 Å². The lowest BCUT2D eigenvalue weighted by Gasteiger charge is -2.28. The molecule has 1 saturated heterocycles. The number of carbonyl (C=O) groups excluding carboxylic acids is 4. The molecule has 29 heavy (non-hydrogen) atoms. The second kappa shape index (κ2) is 7.27.